The second-order valence-electron chi connectivity index (χ2n) is 7.76. The highest BCUT2D eigenvalue weighted by atomic mass is 16.5. The monoisotopic (exact) mass is 440 g/mol. The number of para-hydroxylation sites is 2. The van der Waals surface area contributed by atoms with E-state index in [0.717, 1.165) is 0 Å². The molecule has 2 atom stereocenters. The molecule has 0 amide bonds. The molecule has 0 N–H and O–H groups in total. The maximum atomic E-state index is 12.0. The van der Waals surface area contributed by atoms with Crippen LogP contribution < -0.4 is 9.47 Å². The number of carbonyl (C=O) groups excluding carboxylic acids is 2. The van der Waals surface area contributed by atoms with E-state index in [1.807, 2.05) is 50.2 Å². The molecule has 32 heavy (non-hydrogen) atoms. The van der Waals surface area contributed by atoms with Crippen molar-refractivity contribution in [1.82, 2.24) is 0 Å². The summed E-state index contributed by atoms with van der Waals surface area (Å²) in [6, 6.07) is 18.0. The number of rotatable bonds is 13. The number of azo groups is 1. The predicted molar refractivity (Wildman–Crippen MR) is 122 cm³/mol. The summed E-state index contributed by atoms with van der Waals surface area (Å²) in [6.07, 6.45) is 3.04. The first kappa shape index (κ1) is 25.2. The third-order valence-corrected chi connectivity index (χ3v) is 4.88. The first-order chi connectivity index (χ1) is 15.4. The Kier molecular flexibility index (Phi) is 10.5. The van der Waals surface area contributed by atoms with Crippen molar-refractivity contribution in [2.24, 2.45) is 10.2 Å². The van der Waals surface area contributed by atoms with E-state index >= 15 is 0 Å². The predicted octanol–water partition coefficient (Wildman–Crippen LogP) is 5.74. The van der Waals surface area contributed by atoms with Crippen molar-refractivity contribution in [3.05, 3.63) is 60.7 Å². The van der Waals surface area contributed by atoms with Crippen molar-refractivity contribution < 1.29 is 23.8 Å². The number of carbonyl (C=O) groups is 2. The molecule has 2 rings (SSSR count). The Bertz CT molecular complexity index is 857. The Labute approximate surface area is 189 Å². The summed E-state index contributed by atoms with van der Waals surface area (Å²) in [5.74, 6) is 0.536. The minimum atomic E-state index is -0.812. The number of benzene rings is 2. The molecule has 0 aliphatic heterocycles. The van der Waals surface area contributed by atoms with Crippen LogP contribution in [0.5, 0.6) is 11.5 Å². The topological polar surface area (TPSA) is 86.5 Å². The smallest absolute Gasteiger partial charge is 0.311 e. The highest BCUT2D eigenvalue weighted by Crippen LogP contribution is 2.22. The minimum absolute atomic E-state index is 0.0583. The molecule has 7 nitrogen and oxygen atoms in total. The van der Waals surface area contributed by atoms with Crippen molar-refractivity contribution in [1.29, 1.82) is 0 Å². The zero-order chi connectivity index (χ0) is 23.2. The SMILES string of the molecule is COC(C)(CCCC(=O)Oc1ccccc1)N=NC(C)CCCC(=O)Oc1ccccc1. The standard InChI is InChI=1S/C25H32N2O5/c1-20(12-10-17-23(28)31-21-13-6-4-7-14-21)26-27-25(2,30-3)19-11-18-24(29)32-22-15-8-5-9-16-22/h4-9,13-16,20H,10-12,17-19H2,1-3H3. The zero-order valence-electron chi connectivity index (χ0n) is 19.0. The summed E-state index contributed by atoms with van der Waals surface area (Å²) in [4.78, 5) is 23.9. The molecule has 0 spiro atoms. The Morgan fingerprint density at radius 1 is 0.875 bits per heavy atom. The molecule has 7 heteroatoms. The van der Waals surface area contributed by atoms with E-state index in [2.05, 4.69) is 10.2 Å². The second kappa shape index (κ2) is 13.4. The molecule has 2 aromatic carbocycles. The van der Waals surface area contributed by atoms with Gasteiger partial charge in [0.05, 0.1) is 6.04 Å². The van der Waals surface area contributed by atoms with E-state index in [-0.39, 0.29) is 24.4 Å². The summed E-state index contributed by atoms with van der Waals surface area (Å²) in [7, 11) is 1.57. The van der Waals surface area contributed by atoms with Crippen molar-refractivity contribution in [2.75, 3.05) is 7.11 Å². The van der Waals surface area contributed by atoms with Gasteiger partial charge in [-0.25, -0.2) is 0 Å². The zero-order valence-corrected chi connectivity index (χ0v) is 19.0. The summed E-state index contributed by atoms with van der Waals surface area (Å²) >= 11 is 0. The maximum Gasteiger partial charge on any atom is 0.311 e. The average Bonchev–Trinajstić information content (AvgIpc) is 2.79. The van der Waals surface area contributed by atoms with E-state index < -0.39 is 5.72 Å². The van der Waals surface area contributed by atoms with Crippen molar-refractivity contribution in [2.45, 2.75) is 64.1 Å². The molecule has 172 valence electrons. The Hall–Kier alpha value is -3.06. The van der Waals surface area contributed by atoms with Crippen LogP contribution in [0.4, 0.5) is 0 Å². The Balaban J connectivity index is 1.68. The lowest BCUT2D eigenvalue weighted by Gasteiger charge is -2.22. The maximum absolute atomic E-state index is 12.0. The summed E-state index contributed by atoms with van der Waals surface area (Å²) in [5, 5.41) is 8.70. The molecule has 0 aromatic heterocycles. The van der Waals surface area contributed by atoms with E-state index in [1.54, 1.807) is 31.4 Å². The molecule has 0 fully saturated rings. The van der Waals surface area contributed by atoms with Crippen LogP contribution >= 0.6 is 0 Å². The van der Waals surface area contributed by atoms with Gasteiger partial charge in [-0.3, -0.25) is 9.59 Å². The molecule has 0 saturated carbocycles. The van der Waals surface area contributed by atoms with E-state index in [1.165, 1.54) is 0 Å². The third-order valence-electron chi connectivity index (χ3n) is 4.88. The first-order valence-corrected chi connectivity index (χ1v) is 10.9. The van der Waals surface area contributed by atoms with Gasteiger partial charge in [-0.1, -0.05) is 36.4 Å². The van der Waals surface area contributed by atoms with Crippen LogP contribution in [0.2, 0.25) is 0 Å². The number of hydrogen-bond donors (Lipinski definition) is 0. The van der Waals surface area contributed by atoms with E-state index in [9.17, 15) is 9.59 Å². The van der Waals surface area contributed by atoms with E-state index in [4.69, 9.17) is 14.2 Å². The van der Waals surface area contributed by atoms with Gasteiger partial charge in [0.15, 0.2) is 5.72 Å². The molecule has 0 aliphatic rings. The molecule has 0 heterocycles. The summed E-state index contributed by atoms with van der Waals surface area (Å²) < 4.78 is 16.1. The van der Waals surface area contributed by atoms with Gasteiger partial charge < -0.3 is 14.2 Å². The number of ether oxygens (including phenoxy) is 3. The Morgan fingerprint density at radius 2 is 1.38 bits per heavy atom. The van der Waals surface area contributed by atoms with Crippen LogP contribution in [0.15, 0.2) is 70.9 Å². The van der Waals surface area contributed by atoms with Crippen molar-refractivity contribution in [3.8, 4) is 11.5 Å². The van der Waals surface area contributed by atoms with Crippen molar-refractivity contribution in [3.63, 3.8) is 0 Å². The van der Waals surface area contributed by atoms with Gasteiger partial charge >= 0.3 is 11.9 Å². The minimum Gasteiger partial charge on any atom is -0.427 e. The summed E-state index contributed by atoms with van der Waals surface area (Å²) in [6.45, 7) is 3.78. The van der Waals surface area contributed by atoms with Gasteiger partial charge in [0.25, 0.3) is 0 Å². The fourth-order valence-corrected chi connectivity index (χ4v) is 2.92. The van der Waals surface area contributed by atoms with Gasteiger partial charge in [-0.2, -0.15) is 10.2 Å². The lowest BCUT2D eigenvalue weighted by Crippen LogP contribution is -2.25. The third kappa shape index (κ3) is 9.83. The van der Waals surface area contributed by atoms with Crippen LogP contribution in [0, 0.1) is 0 Å². The highest BCUT2D eigenvalue weighted by Gasteiger charge is 2.23. The molecule has 2 aromatic rings. The van der Waals surface area contributed by atoms with Crippen LogP contribution in [-0.2, 0) is 14.3 Å². The quantitative estimate of drug-likeness (QED) is 0.225. The van der Waals surface area contributed by atoms with Gasteiger partial charge in [-0.05, 0) is 63.8 Å². The molecular weight excluding hydrogens is 408 g/mol. The van der Waals surface area contributed by atoms with Crippen LogP contribution in [-0.4, -0.2) is 30.8 Å². The molecule has 0 aliphatic carbocycles. The number of methoxy groups -OCH3 is 1. The number of nitrogens with zero attached hydrogens (tertiary/aromatic N) is 2. The van der Waals surface area contributed by atoms with Crippen LogP contribution in [0.3, 0.4) is 0 Å². The van der Waals surface area contributed by atoms with Crippen LogP contribution in [0.25, 0.3) is 0 Å². The molecular formula is C25H32N2O5. The molecule has 0 bridgehead atoms. The highest BCUT2D eigenvalue weighted by molar-refractivity contribution is 5.72. The molecule has 0 radical (unpaired) electrons. The lowest BCUT2D eigenvalue weighted by molar-refractivity contribution is -0.135. The van der Waals surface area contributed by atoms with Gasteiger partial charge in [-0.15, -0.1) is 0 Å². The fourth-order valence-electron chi connectivity index (χ4n) is 2.92. The van der Waals surface area contributed by atoms with Gasteiger partial charge in [0, 0.05) is 20.0 Å². The lowest BCUT2D eigenvalue weighted by atomic mass is 10.1. The second-order valence-corrected chi connectivity index (χ2v) is 7.76. The van der Waals surface area contributed by atoms with Crippen molar-refractivity contribution >= 4 is 11.9 Å². The van der Waals surface area contributed by atoms with E-state index in [0.29, 0.717) is 43.6 Å². The fraction of sp³-hybridized carbons (Fsp3) is 0.440. The number of esters is 2. The van der Waals surface area contributed by atoms with Crippen LogP contribution in [0.1, 0.15) is 52.4 Å². The summed E-state index contributed by atoms with van der Waals surface area (Å²) in [5.41, 5.74) is -0.812. The molecule has 2 unspecified atom stereocenters. The largest absolute Gasteiger partial charge is 0.427 e. The van der Waals surface area contributed by atoms with Gasteiger partial charge in [0.2, 0.25) is 0 Å². The Morgan fingerprint density at radius 3 is 1.88 bits per heavy atom. The average molecular weight is 441 g/mol. The first-order valence-electron chi connectivity index (χ1n) is 10.9. The molecule has 0 saturated heterocycles. The normalized spacial score (nSPS) is 14.0. The number of hydrogen-bond acceptors (Lipinski definition) is 7. The van der Waals surface area contributed by atoms with Gasteiger partial charge in [0.1, 0.15) is 11.5 Å².